The molecule has 1 fully saturated rings. The number of hydrogen-bond donors (Lipinski definition) is 3. The third-order valence-electron chi connectivity index (χ3n) is 2.43. The van der Waals surface area contributed by atoms with Gasteiger partial charge in [-0.15, -0.1) is 0 Å². The lowest BCUT2D eigenvalue weighted by molar-refractivity contribution is 0.560. The summed E-state index contributed by atoms with van der Waals surface area (Å²) in [7, 11) is -3.60. The monoisotopic (exact) mass is 274 g/mol. The molecule has 2 rings (SSSR count). The molecule has 0 saturated carbocycles. The Balaban J connectivity index is 2.24. The van der Waals surface area contributed by atoms with Crippen LogP contribution in [0.4, 0.5) is 5.69 Å². The van der Waals surface area contributed by atoms with E-state index in [-0.39, 0.29) is 11.1 Å². The van der Waals surface area contributed by atoms with Gasteiger partial charge in [0.05, 0.1) is 5.69 Å². The maximum atomic E-state index is 12.1. The van der Waals surface area contributed by atoms with Crippen LogP contribution in [0.15, 0.2) is 23.4 Å². The zero-order chi connectivity index (χ0) is 12.3. The summed E-state index contributed by atoms with van der Waals surface area (Å²) in [5.74, 6) is 7.06. The summed E-state index contributed by atoms with van der Waals surface area (Å²) in [5.41, 5.74) is 2.64. The molecule has 1 atom stereocenters. The topological polar surface area (TPSA) is 97.1 Å². The molecule has 1 aromatic rings. The molecule has 1 unspecified atom stereocenters. The van der Waals surface area contributed by atoms with Crippen LogP contribution in [0.25, 0.3) is 0 Å². The van der Waals surface area contributed by atoms with E-state index in [2.05, 4.69) is 15.1 Å². The lowest BCUT2D eigenvalue weighted by Crippen LogP contribution is -2.35. The molecule has 94 valence electrons. The second kappa shape index (κ2) is 5.21. The fourth-order valence-electron chi connectivity index (χ4n) is 1.62. The number of pyridine rings is 1. The average molecular weight is 274 g/mol. The van der Waals surface area contributed by atoms with Gasteiger partial charge in [-0.25, -0.2) is 18.1 Å². The third kappa shape index (κ3) is 2.89. The molecule has 0 radical (unpaired) electrons. The van der Waals surface area contributed by atoms with E-state index in [9.17, 15) is 8.42 Å². The number of nitrogens with one attached hydrogen (secondary N) is 2. The van der Waals surface area contributed by atoms with E-state index in [1.165, 1.54) is 6.20 Å². The number of hydrazine groups is 1. The van der Waals surface area contributed by atoms with Gasteiger partial charge in [0.25, 0.3) is 10.0 Å². The first-order valence-electron chi connectivity index (χ1n) is 5.15. The van der Waals surface area contributed by atoms with E-state index in [0.29, 0.717) is 5.69 Å². The Labute approximate surface area is 104 Å². The summed E-state index contributed by atoms with van der Waals surface area (Å²) in [6.45, 7) is 0. The number of nitrogens with zero attached hydrogens (tertiary/aromatic N) is 1. The number of anilines is 1. The van der Waals surface area contributed by atoms with Crippen LogP contribution in [0.5, 0.6) is 0 Å². The van der Waals surface area contributed by atoms with Crippen molar-refractivity contribution >= 4 is 27.5 Å². The van der Waals surface area contributed by atoms with Crippen molar-refractivity contribution in [1.29, 1.82) is 0 Å². The van der Waals surface area contributed by atoms with Crippen LogP contribution in [0, 0.1) is 0 Å². The second-order valence-corrected chi connectivity index (χ2v) is 6.46. The number of sulfonamides is 1. The Hall–Kier alpha value is -0.830. The zero-order valence-electron chi connectivity index (χ0n) is 9.09. The Bertz CT molecular complexity index is 486. The maximum Gasteiger partial charge on any atom is 0.260 e. The highest BCUT2D eigenvalue weighted by molar-refractivity contribution is 7.99. The molecule has 0 spiro atoms. The fourth-order valence-corrected chi connectivity index (χ4v) is 4.24. The van der Waals surface area contributed by atoms with Gasteiger partial charge < -0.3 is 5.43 Å². The van der Waals surface area contributed by atoms with Crippen molar-refractivity contribution in [3.63, 3.8) is 0 Å². The van der Waals surface area contributed by atoms with Gasteiger partial charge in [0.2, 0.25) is 0 Å². The minimum Gasteiger partial charge on any atom is -0.321 e. The number of aromatic nitrogens is 1. The molecule has 1 saturated heterocycles. The van der Waals surface area contributed by atoms with Crippen LogP contribution < -0.4 is 16.0 Å². The van der Waals surface area contributed by atoms with E-state index >= 15 is 0 Å². The summed E-state index contributed by atoms with van der Waals surface area (Å²) in [5, 5.41) is -0.0561. The molecule has 2 heterocycles. The van der Waals surface area contributed by atoms with Gasteiger partial charge in [0.15, 0.2) is 5.03 Å². The quantitative estimate of drug-likeness (QED) is 0.534. The van der Waals surface area contributed by atoms with E-state index in [4.69, 9.17) is 5.84 Å². The molecular weight excluding hydrogens is 260 g/mol. The predicted octanol–water partition coefficient (Wildman–Crippen LogP) is 0.151. The molecule has 0 aliphatic carbocycles. The first kappa shape index (κ1) is 12.6. The smallest absolute Gasteiger partial charge is 0.260 e. The van der Waals surface area contributed by atoms with Crippen molar-refractivity contribution in [1.82, 2.24) is 9.71 Å². The van der Waals surface area contributed by atoms with Gasteiger partial charge in [-0.3, -0.25) is 5.84 Å². The first-order chi connectivity index (χ1) is 8.13. The second-order valence-electron chi connectivity index (χ2n) is 3.68. The third-order valence-corrected chi connectivity index (χ3v) is 5.07. The van der Waals surface area contributed by atoms with Crippen LogP contribution in [-0.2, 0) is 10.0 Å². The molecule has 0 aromatic carbocycles. The van der Waals surface area contributed by atoms with Gasteiger partial charge in [0, 0.05) is 18.0 Å². The molecule has 1 aromatic heterocycles. The van der Waals surface area contributed by atoms with Crippen LogP contribution in [0.1, 0.15) is 6.42 Å². The van der Waals surface area contributed by atoms with E-state index < -0.39 is 10.0 Å². The lowest BCUT2D eigenvalue weighted by atomic mass is 10.3. The Morgan fingerprint density at radius 1 is 1.53 bits per heavy atom. The van der Waals surface area contributed by atoms with Crippen LogP contribution in [-0.4, -0.2) is 30.9 Å². The molecule has 17 heavy (non-hydrogen) atoms. The van der Waals surface area contributed by atoms with E-state index in [0.717, 1.165) is 17.9 Å². The minimum atomic E-state index is -3.60. The zero-order valence-corrected chi connectivity index (χ0v) is 10.7. The van der Waals surface area contributed by atoms with Gasteiger partial charge in [-0.1, -0.05) is 0 Å². The molecule has 6 nitrogen and oxygen atoms in total. The van der Waals surface area contributed by atoms with Crippen molar-refractivity contribution < 1.29 is 8.42 Å². The summed E-state index contributed by atoms with van der Waals surface area (Å²) in [6.07, 6.45) is 2.28. The normalized spacial score (nSPS) is 20.4. The van der Waals surface area contributed by atoms with Crippen molar-refractivity contribution in [2.45, 2.75) is 17.5 Å². The molecule has 8 heteroatoms. The van der Waals surface area contributed by atoms with Gasteiger partial charge >= 0.3 is 0 Å². The molecule has 0 bridgehead atoms. The predicted molar refractivity (Wildman–Crippen MR) is 68.1 cm³/mol. The van der Waals surface area contributed by atoms with Gasteiger partial charge in [0.1, 0.15) is 0 Å². The highest BCUT2D eigenvalue weighted by atomic mass is 32.2. The van der Waals surface area contributed by atoms with Crippen molar-refractivity contribution in [2.24, 2.45) is 5.84 Å². The molecule has 0 amide bonds. The summed E-state index contributed by atoms with van der Waals surface area (Å²) < 4.78 is 26.8. The first-order valence-corrected chi connectivity index (χ1v) is 7.79. The highest BCUT2D eigenvalue weighted by Crippen LogP contribution is 2.21. The number of rotatable bonds is 4. The molecule has 1 aliphatic rings. The standard InChI is InChI=1S/C9H14N4O2S2/c10-12-8-2-1-4-11-9(8)17(14,15)13-7-3-5-16-6-7/h1-2,4,7,12-13H,3,5-6,10H2. The average Bonchev–Trinajstić information content (AvgIpc) is 2.81. The summed E-state index contributed by atoms with van der Waals surface area (Å²) in [4.78, 5) is 3.86. The number of nitrogen functional groups attached to an aromatic ring is 1. The minimum absolute atomic E-state index is 0.0161. The molecule has 4 N–H and O–H groups in total. The summed E-state index contributed by atoms with van der Waals surface area (Å²) >= 11 is 1.74. The Morgan fingerprint density at radius 2 is 2.35 bits per heavy atom. The van der Waals surface area contributed by atoms with Crippen molar-refractivity contribution in [3.8, 4) is 0 Å². The number of hydrogen-bond acceptors (Lipinski definition) is 6. The summed E-state index contributed by atoms with van der Waals surface area (Å²) in [6, 6.07) is 3.18. The Morgan fingerprint density at radius 3 is 3.00 bits per heavy atom. The van der Waals surface area contributed by atoms with Crippen LogP contribution >= 0.6 is 11.8 Å². The Kier molecular flexibility index (Phi) is 3.87. The number of nitrogens with two attached hydrogens (primary N) is 1. The van der Waals surface area contributed by atoms with Gasteiger partial charge in [-0.05, 0) is 24.3 Å². The van der Waals surface area contributed by atoms with E-state index in [1.54, 1.807) is 23.9 Å². The number of thioether (sulfide) groups is 1. The highest BCUT2D eigenvalue weighted by Gasteiger charge is 2.26. The van der Waals surface area contributed by atoms with E-state index in [1.807, 2.05) is 0 Å². The van der Waals surface area contributed by atoms with Crippen LogP contribution in [0.3, 0.4) is 0 Å². The van der Waals surface area contributed by atoms with Gasteiger partial charge in [-0.2, -0.15) is 11.8 Å². The SMILES string of the molecule is NNc1cccnc1S(=O)(=O)NC1CCSC1. The van der Waals surface area contributed by atoms with Crippen LogP contribution in [0.2, 0.25) is 0 Å². The maximum absolute atomic E-state index is 12.1. The molecular formula is C9H14N4O2S2. The fraction of sp³-hybridized carbons (Fsp3) is 0.444. The largest absolute Gasteiger partial charge is 0.321 e. The molecule has 1 aliphatic heterocycles. The lowest BCUT2D eigenvalue weighted by Gasteiger charge is -2.13. The van der Waals surface area contributed by atoms with Crippen molar-refractivity contribution in [3.05, 3.63) is 18.3 Å². The van der Waals surface area contributed by atoms with Crippen molar-refractivity contribution in [2.75, 3.05) is 16.9 Å².